The fourth-order valence-corrected chi connectivity index (χ4v) is 3.28. The Hall–Kier alpha value is -1.72. The van der Waals surface area contributed by atoms with Crippen LogP contribution in [0.25, 0.3) is 0 Å². The number of pyridine rings is 1. The maximum absolute atomic E-state index is 12.2. The number of H-pyrrole nitrogens is 1. The number of amides is 1. The second-order valence-corrected chi connectivity index (χ2v) is 6.05. The molecule has 2 aromatic rings. The molecular formula is C15H19N3OS+2. The first kappa shape index (κ1) is 13.3. The first-order valence-corrected chi connectivity index (χ1v) is 7.82. The molecule has 1 aliphatic rings. The van der Waals surface area contributed by atoms with E-state index >= 15 is 0 Å². The second kappa shape index (κ2) is 6.15. The number of rotatable bonds is 3. The van der Waals surface area contributed by atoms with E-state index < -0.39 is 0 Å². The SMILES string of the molecule is O=C(c1cccs1)N1CC[NH+](Cc2cc[nH+]cc2)CC1. The van der Waals surface area contributed by atoms with Gasteiger partial charge in [0.2, 0.25) is 0 Å². The normalized spacial score (nSPS) is 16.3. The minimum absolute atomic E-state index is 0.188. The molecule has 3 rings (SSSR count). The number of hydrogen-bond acceptors (Lipinski definition) is 2. The van der Waals surface area contributed by atoms with E-state index in [-0.39, 0.29) is 5.91 Å². The highest BCUT2D eigenvalue weighted by molar-refractivity contribution is 7.12. The van der Waals surface area contributed by atoms with Crippen molar-refractivity contribution >= 4 is 17.2 Å². The van der Waals surface area contributed by atoms with Gasteiger partial charge in [-0.2, -0.15) is 0 Å². The molecule has 2 aromatic heterocycles. The molecule has 1 fully saturated rings. The topological polar surface area (TPSA) is 38.9 Å². The zero-order valence-corrected chi connectivity index (χ0v) is 12.2. The predicted molar refractivity (Wildman–Crippen MR) is 77.6 cm³/mol. The van der Waals surface area contributed by atoms with Crippen molar-refractivity contribution in [3.63, 3.8) is 0 Å². The van der Waals surface area contributed by atoms with Crippen LogP contribution in [0.3, 0.4) is 0 Å². The molecule has 0 saturated carbocycles. The number of carbonyl (C=O) groups excluding carboxylic acids is 1. The zero-order valence-electron chi connectivity index (χ0n) is 11.3. The van der Waals surface area contributed by atoms with E-state index in [0.29, 0.717) is 0 Å². The molecule has 2 N–H and O–H groups in total. The molecule has 1 saturated heterocycles. The van der Waals surface area contributed by atoms with Gasteiger partial charge in [-0.1, -0.05) is 6.07 Å². The van der Waals surface area contributed by atoms with Gasteiger partial charge in [0, 0.05) is 17.7 Å². The number of hydrogen-bond donors (Lipinski definition) is 1. The summed E-state index contributed by atoms with van der Waals surface area (Å²) >= 11 is 1.53. The van der Waals surface area contributed by atoms with Crippen LogP contribution in [0, 0.1) is 0 Å². The molecule has 20 heavy (non-hydrogen) atoms. The highest BCUT2D eigenvalue weighted by atomic mass is 32.1. The molecule has 0 spiro atoms. The third-order valence-corrected chi connectivity index (χ3v) is 4.59. The zero-order chi connectivity index (χ0) is 13.8. The lowest BCUT2D eigenvalue weighted by Gasteiger charge is -2.31. The van der Waals surface area contributed by atoms with E-state index in [2.05, 4.69) is 17.1 Å². The number of thiophene rings is 1. The van der Waals surface area contributed by atoms with Crippen LogP contribution < -0.4 is 9.88 Å². The molecule has 1 amide bonds. The predicted octanol–water partition coefficient (Wildman–Crippen LogP) is 0.103. The number of carbonyl (C=O) groups is 1. The van der Waals surface area contributed by atoms with Crippen LogP contribution in [0.1, 0.15) is 15.2 Å². The van der Waals surface area contributed by atoms with Crippen LogP contribution in [-0.2, 0) is 6.54 Å². The lowest BCUT2D eigenvalue weighted by molar-refractivity contribution is -0.917. The number of aromatic nitrogens is 1. The summed E-state index contributed by atoms with van der Waals surface area (Å²) in [7, 11) is 0. The van der Waals surface area contributed by atoms with Crippen LogP contribution in [0.15, 0.2) is 42.0 Å². The Labute approximate surface area is 122 Å². The van der Waals surface area contributed by atoms with E-state index in [1.165, 1.54) is 16.9 Å². The maximum atomic E-state index is 12.2. The fourth-order valence-electron chi connectivity index (χ4n) is 2.59. The summed E-state index contributed by atoms with van der Waals surface area (Å²) in [5.41, 5.74) is 1.34. The van der Waals surface area contributed by atoms with Crippen molar-refractivity contribution in [3.05, 3.63) is 52.5 Å². The first-order chi connectivity index (χ1) is 9.83. The van der Waals surface area contributed by atoms with E-state index in [1.807, 2.05) is 34.8 Å². The summed E-state index contributed by atoms with van der Waals surface area (Å²) in [6.07, 6.45) is 3.93. The van der Waals surface area contributed by atoms with Crippen LogP contribution in [0.4, 0.5) is 0 Å². The van der Waals surface area contributed by atoms with Crippen molar-refractivity contribution in [2.75, 3.05) is 26.2 Å². The van der Waals surface area contributed by atoms with Gasteiger partial charge in [-0.05, 0) is 11.4 Å². The van der Waals surface area contributed by atoms with Crippen molar-refractivity contribution in [2.24, 2.45) is 0 Å². The maximum Gasteiger partial charge on any atom is 0.264 e. The van der Waals surface area contributed by atoms with Crippen molar-refractivity contribution in [1.29, 1.82) is 0 Å². The molecule has 1 aliphatic heterocycles. The molecule has 3 heterocycles. The van der Waals surface area contributed by atoms with Crippen LogP contribution >= 0.6 is 11.3 Å². The lowest BCUT2D eigenvalue weighted by Crippen LogP contribution is -3.13. The summed E-state index contributed by atoms with van der Waals surface area (Å²) in [5, 5.41) is 1.96. The number of quaternary nitrogens is 1. The van der Waals surface area contributed by atoms with Crippen molar-refractivity contribution in [1.82, 2.24) is 4.90 Å². The average molecular weight is 289 g/mol. The van der Waals surface area contributed by atoms with Crippen molar-refractivity contribution in [3.8, 4) is 0 Å². The van der Waals surface area contributed by atoms with E-state index in [1.54, 1.807) is 4.90 Å². The average Bonchev–Trinajstić information content (AvgIpc) is 3.03. The molecule has 0 aromatic carbocycles. The van der Waals surface area contributed by atoms with Gasteiger partial charge in [0.05, 0.1) is 31.1 Å². The smallest absolute Gasteiger partial charge is 0.264 e. The highest BCUT2D eigenvalue weighted by Crippen LogP contribution is 2.11. The van der Waals surface area contributed by atoms with Gasteiger partial charge in [-0.3, -0.25) is 4.79 Å². The molecule has 0 radical (unpaired) electrons. The van der Waals surface area contributed by atoms with Gasteiger partial charge >= 0.3 is 0 Å². The molecule has 0 bridgehead atoms. The molecule has 5 heteroatoms. The lowest BCUT2D eigenvalue weighted by atomic mass is 10.2. The molecular weight excluding hydrogens is 270 g/mol. The summed E-state index contributed by atoms with van der Waals surface area (Å²) in [5.74, 6) is 0.188. The van der Waals surface area contributed by atoms with Crippen LogP contribution in [-0.4, -0.2) is 37.0 Å². The Bertz CT molecular complexity index is 548. The number of piperazine rings is 1. The minimum atomic E-state index is 0.188. The molecule has 0 aliphatic carbocycles. The van der Waals surface area contributed by atoms with Gasteiger partial charge in [0.15, 0.2) is 12.4 Å². The number of nitrogens with zero attached hydrogens (tertiary/aromatic N) is 1. The largest absolute Gasteiger partial charge is 0.328 e. The molecule has 0 atom stereocenters. The van der Waals surface area contributed by atoms with Crippen LogP contribution in [0.2, 0.25) is 0 Å². The molecule has 0 unspecified atom stereocenters. The number of aromatic amines is 1. The van der Waals surface area contributed by atoms with Gasteiger partial charge in [0.25, 0.3) is 5.91 Å². The summed E-state index contributed by atoms with van der Waals surface area (Å²) < 4.78 is 0. The third-order valence-electron chi connectivity index (χ3n) is 3.73. The van der Waals surface area contributed by atoms with Gasteiger partial charge in [-0.25, -0.2) is 4.98 Å². The van der Waals surface area contributed by atoms with Crippen LogP contribution in [0.5, 0.6) is 0 Å². The van der Waals surface area contributed by atoms with Gasteiger partial charge in [0.1, 0.15) is 6.54 Å². The van der Waals surface area contributed by atoms with Crippen molar-refractivity contribution in [2.45, 2.75) is 6.54 Å². The summed E-state index contributed by atoms with van der Waals surface area (Å²) in [6.45, 7) is 4.79. The quantitative estimate of drug-likeness (QED) is 0.855. The van der Waals surface area contributed by atoms with E-state index in [0.717, 1.165) is 37.6 Å². The Balaban J connectivity index is 1.53. The second-order valence-electron chi connectivity index (χ2n) is 5.10. The Kier molecular flexibility index (Phi) is 4.08. The van der Waals surface area contributed by atoms with E-state index in [4.69, 9.17) is 0 Å². The third kappa shape index (κ3) is 3.05. The first-order valence-electron chi connectivity index (χ1n) is 6.94. The monoisotopic (exact) mass is 289 g/mol. The molecule has 104 valence electrons. The summed E-state index contributed by atoms with van der Waals surface area (Å²) in [6, 6.07) is 8.09. The summed E-state index contributed by atoms with van der Waals surface area (Å²) in [4.78, 5) is 19.7. The highest BCUT2D eigenvalue weighted by Gasteiger charge is 2.24. The fraction of sp³-hybridized carbons (Fsp3) is 0.333. The Morgan fingerprint density at radius 3 is 2.65 bits per heavy atom. The molecule has 4 nitrogen and oxygen atoms in total. The minimum Gasteiger partial charge on any atom is -0.328 e. The van der Waals surface area contributed by atoms with Gasteiger partial charge < -0.3 is 9.80 Å². The Morgan fingerprint density at radius 1 is 1.25 bits per heavy atom. The van der Waals surface area contributed by atoms with E-state index in [9.17, 15) is 4.79 Å². The number of nitrogens with one attached hydrogen (secondary N) is 2. The Morgan fingerprint density at radius 2 is 2.00 bits per heavy atom. The van der Waals surface area contributed by atoms with Gasteiger partial charge in [-0.15, -0.1) is 11.3 Å². The van der Waals surface area contributed by atoms with Crippen molar-refractivity contribution < 1.29 is 14.7 Å². The standard InChI is InChI=1S/C15H17N3OS/c19-15(14-2-1-11-20-14)18-9-7-17(8-10-18)12-13-3-5-16-6-4-13/h1-6,11H,7-10,12H2/p+2.